The van der Waals surface area contributed by atoms with Crippen LogP contribution in [0.3, 0.4) is 0 Å². The number of hydrogen-bond acceptors (Lipinski definition) is 6. The van der Waals surface area contributed by atoms with Crippen molar-refractivity contribution in [1.82, 2.24) is 15.3 Å². The highest BCUT2D eigenvalue weighted by molar-refractivity contribution is 7.21. The Kier molecular flexibility index (Phi) is 6.02. The van der Waals surface area contributed by atoms with Gasteiger partial charge in [-0.05, 0) is 49.2 Å². The Hall–Kier alpha value is -2.64. The number of aromatic amines is 1. The van der Waals surface area contributed by atoms with Gasteiger partial charge in [-0.2, -0.15) is 0 Å². The molecule has 1 aliphatic heterocycles. The van der Waals surface area contributed by atoms with Gasteiger partial charge in [-0.15, -0.1) is 11.3 Å². The summed E-state index contributed by atoms with van der Waals surface area (Å²) >= 11 is 1.69. The molecule has 0 amide bonds. The molecule has 0 spiro atoms. The first-order chi connectivity index (χ1) is 15.7. The van der Waals surface area contributed by atoms with Crippen LogP contribution in [0.15, 0.2) is 42.1 Å². The lowest BCUT2D eigenvalue weighted by Crippen LogP contribution is -2.43. The third-order valence-corrected chi connectivity index (χ3v) is 8.08. The summed E-state index contributed by atoms with van der Waals surface area (Å²) in [5.41, 5.74) is 4.31. The minimum absolute atomic E-state index is 0.0606. The lowest BCUT2D eigenvalue weighted by Gasteiger charge is -2.34. The Morgan fingerprint density at radius 3 is 2.72 bits per heavy atom. The molecule has 0 radical (unpaired) electrons. The van der Waals surface area contributed by atoms with Gasteiger partial charge in [0.1, 0.15) is 10.4 Å². The van der Waals surface area contributed by atoms with E-state index in [-0.39, 0.29) is 5.56 Å². The zero-order chi connectivity index (χ0) is 22.1. The van der Waals surface area contributed by atoms with Gasteiger partial charge >= 0.3 is 0 Å². The fourth-order valence-electron chi connectivity index (χ4n) is 5.14. The maximum absolute atomic E-state index is 12.8. The minimum atomic E-state index is -0.0606. The lowest BCUT2D eigenvalue weighted by molar-refractivity contribution is 0.434. The van der Waals surface area contributed by atoms with E-state index in [0.29, 0.717) is 11.4 Å². The van der Waals surface area contributed by atoms with Crippen molar-refractivity contribution in [3.05, 3.63) is 53.2 Å². The van der Waals surface area contributed by atoms with Gasteiger partial charge in [0.15, 0.2) is 0 Å². The summed E-state index contributed by atoms with van der Waals surface area (Å²) in [4.78, 5) is 25.9. The molecule has 3 aromatic rings. The average molecular weight is 450 g/mol. The predicted octanol–water partition coefficient (Wildman–Crippen LogP) is 4.65. The number of H-pyrrole nitrogens is 1. The van der Waals surface area contributed by atoms with Crippen LogP contribution in [0.4, 0.5) is 10.7 Å². The molecule has 1 saturated heterocycles. The number of piperazine rings is 1. The van der Waals surface area contributed by atoms with Gasteiger partial charge in [-0.25, -0.2) is 4.98 Å². The van der Waals surface area contributed by atoms with Crippen molar-refractivity contribution >= 4 is 32.9 Å². The number of nitrogens with zero attached hydrogens (tertiary/aromatic N) is 3. The fourth-order valence-corrected chi connectivity index (χ4v) is 6.43. The molecule has 6 nitrogen and oxygen atoms in total. The van der Waals surface area contributed by atoms with Crippen LogP contribution in [0.1, 0.15) is 37.7 Å². The standard InChI is InChI=1S/C25H31N5OS/c1-3-30(19-7-5-4-6-8-19)20-10-9-18(15-17(20)2)23-22-21(24(31)28-16-27-22)25(32-23)29-13-11-26-12-14-29/h3,9-10,15-16,19,26H,1,4-8,11-14H2,2H3,(H,27,28,31). The van der Waals surface area contributed by atoms with Crippen LogP contribution < -0.4 is 20.7 Å². The smallest absolute Gasteiger partial charge is 0.261 e. The van der Waals surface area contributed by atoms with Gasteiger partial charge in [-0.1, -0.05) is 31.9 Å². The number of benzene rings is 1. The van der Waals surface area contributed by atoms with Crippen LogP contribution in [0.25, 0.3) is 21.3 Å². The average Bonchev–Trinajstić information content (AvgIpc) is 3.23. The number of anilines is 2. The third-order valence-electron chi connectivity index (χ3n) is 6.79. The summed E-state index contributed by atoms with van der Waals surface area (Å²) in [6, 6.07) is 7.17. The highest BCUT2D eigenvalue weighted by Gasteiger charge is 2.24. The molecule has 7 heteroatoms. The molecule has 32 heavy (non-hydrogen) atoms. The SMILES string of the molecule is C=CN(c1ccc(-c2sc(N3CCNCC3)c3c(=O)[nH]cnc23)cc1C)C1CCCCC1. The summed E-state index contributed by atoms with van der Waals surface area (Å²) in [6.07, 6.45) is 9.89. The quantitative estimate of drug-likeness (QED) is 0.594. The molecule has 0 atom stereocenters. The zero-order valence-electron chi connectivity index (χ0n) is 18.7. The van der Waals surface area contributed by atoms with Gasteiger partial charge in [0.2, 0.25) is 0 Å². The Morgan fingerprint density at radius 2 is 2.00 bits per heavy atom. The normalized spacial score (nSPS) is 17.6. The van der Waals surface area contributed by atoms with Crippen LogP contribution in [-0.2, 0) is 0 Å². The molecule has 3 heterocycles. The maximum atomic E-state index is 12.8. The Labute approximate surface area is 193 Å². The number of fused-ring (bicyclic) bond motifs is 1. The summed E-state index contributed by atoms with van der Waals surface area (Å²) in [6.45, 7) is 9.94. The van der Waals surface area contributed by atoms with E-state index >= 15 is 0 Å². The third kappa shape index (κ3) is 3.84. The van der Waals surface area contributed by atoms with Crippen LogP contribution >= 0.6 is 11.3 Å². The van der Waals surface area contributed by atoms with Crippen molar-refractivity contribution in [3.63, 3.8) is 0 Å². The molecule has 2 fully saturated rings. The topological polar surface area (TPSA) is 64.3 Å². The second-order valence-electron chi connectivity index (χ2n) is 8.81. The molecular formula is C25H31N5OS. The minimum Gasteiger partial charge on any atom is -0.360 e. The summed E-state index contributed by atoms with van der Waals surface area (Å²) in [5, 5.41) is 5.14. The largest absolute Gasteiger partial charge is 0.360 e. The number of thiophene rings is 1. The van der Waals surface area contributed by atoms with Crippen LogP contribution in [-0.4, -0.2) is 42.2 Å². The van der Waals surface area contributed by atoms with E-state index in [1.54, 1.807) is 11.3 Å². The van der Waals surface area contributed by atoms with Crippen molar-refractivity contribution in [1.29, 1.82) is 0 Å². The predicted molar refractivity (Wildman–Crippen MR) is 135 cm³/mol. The summed E-state index contributed by atoms with van der Waals surface area (Å²) in [5.74, 6) is 0. The zero-order valence-corrected chi connectivity index (χ0v) is 19.5. The number of nitrogens with one attached hydrogen (secondary N) is 2. The van der Waals surface area contributed by atoms with Crippen molar-refractivity contribution in [2.24, 2.45) is 0 Å². The monoisotopic (exact) mass is 449 g/mol. The van der Waals surface area contributed by atoms with Crippen molar-refractivity contribution in [3.8, 4) is 10.4 Å². The van der Waals surface area contributed by atoms with E-state index in [1.807, 2.05) is 6.20 Å². The molecule has 2 aliphatic rings. The second-order valence-corrected chi connectivity index (χ2v) is 9.81. The van der Waals surface area contributed by atoms with Gasteiger partial charge in [-0.3, -0.25) is 4.79 Å². The van der Waals surface area contributed by atoms with E-state index in [1.165, 1.54) is 49.7 Å². The molecule has 0 bridgehead atoms. The Morgan fingerprint density at radius 1 is 1.22 bits per heavy atom. The van der Waals surface area contributed by atoms with Crippen molar-refractivity contribution in [2.75, 3.05) is 36.0 Å². The lowest BCUT2D eigenvalue weighted by atomic mass is 9.93. The van der Waals surface area contributed by atoms with Gasteiger partial charge in [0.25, 0.3) is 5.56 Å². The molecule has 0 unspecified atom stereocenters. The molecule has 1 aliphatic carbocycles. The molecule has 1 saturated carbocycles. The molecule has 5 rings (SSSR count). The maximum Gasteiger partial charge on any atom is 0.261 e. The molecule has 1 aromatic carbocycles. The first-order valence-electron chi connectivity index (χ1n) is 11.6. The first kappa shape index (κ1) is 21.2. The Bertz CT molecular complexity index is 1170. The summed E-state index contributed by atoms with van der Waals surface area (Å²) in [7, 11) is 0. The van der Waals surface area contributed by atoms with Crippen LogP contribution in [0, 0.1) is 6.92 Å². The Balaban J connectivity index is 1.56. The molecular weight excluding hydrogens is 418 g/mol. The van der Waals surface area contributed by atoms with E-state index in [0.717, 1.165) is 47.1 Å². The van der Waals surface area contributed by atoms with Gasteiger partial charge < -0.3 is 20.1 Å². The van der Waals surface area contributed by atoms with E-state index in [9.17, 15) is 4.79 Å². The van der Waals surface area contributed by atoms with Crippen LogP contribution in [0.2, 0.25) is 0 Å². The molecule has 2 N–H and O–H groups in total. The second kappa shape index (κ2) is 9.08. The van der Waals surface area contributed by atoms with Crippen LogP contribution in [0.5, 0.6) is 0 Å². The van der Waals surface area contributed by atoms with E-state index in [2.05, 4.69) is 56.8 Å². The number of aromatic nitrogens is 2. The highest BCUT2D eigenvalue weighted by atomic mass is 32.1. The number of hydrogen-bond donors (Lipinski definition) is 2. The molecule has 168 valence electrons. The number of aryl methyl sites for hydroxylation is 1. The van der Waals surface area contributed by atoms with Crippen molar-refractivity contribution < 1.29 is 0 Å². The number of rotatable bonds is 5. The summed E-state index contributed by atoms with van der Waals surface area (Å²) < 4.78 is 0. The van der Waals surface area contributed by atoms with E-state index in [4.69, 9.17) is 0 Å². The van der Waals surface area contributed by atoms with Gasteiger partial charge in [0, 0.05) is 37.9 Å². The fraction of sp³-hybridized carbons (Fsp3) is 0.440. The van der Waals surface area contributed by atoms with E-state index < -0.39 is 0 Å². The molecule has 2 aromatic heterocycles. The first-order valence-corrected chi connectivity index (χ1v) is 12.5. The van der Waals surface area contributed by atoms with Gasteiger partial charge in [0.05, 0.1) is 16.7 Å². The van der Waals surface area contributed by atoms with Crippen molar-refractivity contribution in [2.45, 2.75) is 45.1 Å². The highest BCUT2D eigenvalue weighted by Crippen LogP contribution is 2.43.